The van der Waals surface area contributed by atoms with E-state index in [-0.39, 0.29) is 5.41 Å². The van der Waals surface area contributed by atoms with Crippen LogP contribution in [-0.4, -0.2) is 19.1 Å². The molecule has 4 heteroatoms. The molecule has 0 fully saturated rings. The van der Waals surface area contributed by atoms with Crippen LogP contribution in [-0.2, 0) is 5.41 Å². The van der Waals surface area contributed by atoms with Gasteiger partial charge in [0, 0.05) is 48.7 Å². The molecule has 1 aliphatic carbocycles. The Morgan fingerprint density at radius 2 is 0.831 bits per heavy atom. The standard InChI is InChI=1S/C67H44N4/c1-67(2)55-30-16-13-29-52(55)64-63-56(67)39-45(41-19-5-3-6-20-41)40-57(63)68-66(69-64)71-59-32-18-15-24-47(59)54-38-44(34-36-61(54)71)43-33-35-60-53(37-43)46-23-14-17-31-58(46)70(60)65-50-27-11-9-25-48(50)62(42-21-7-4-8-22-42)49-26-10-12-28-51(49)65/h3-40H,1-2H3. The maximum absolute atomic E-state index is 5.56. The number of aromatic nitrogens is 4. The zero-order valence-corrected chi connectivity index (χ0v) is 39.2. The Balaban J connectivity index is 0.930. The van der Waals surface area contributed by atoms with Crippen molar-refractivity contribution in [1.29, 1.82) is 0 Å². The minimum absolute atomic E-state index is 0.241. The van der Waals surface area contributed by atoms with Crippen molar-refractivity contribution in [2.24, 2.45) is 0 Å². The van der Waals surface area contributed by atoms with E-state index in [4.69, 9.17) is 9.97 Å². The van der Waals surface area contributed by atoms with Gasteiger partial charge >= 0.3 is 0 Å². The minimum Gasteiger partial charge on any atom is -0.308 e. The van der Waals surface area contributed by atoms with E-state index in [0.717, 1.165) is 55.1 Å². The Kier molecular flexibility index (Phi) is 8.38. The lowest BCUT2D eigenvalue weighted by Gasteiger charge is -2.35. The topological polar surface area (TPSA) is 35.6 Å². The van der Waals surface area contributed by atoms with E-state index in [2.05, 4.69) is 254 Å². The first-order chi connectivity index (χ1) is 35.0. The van der Waals surface area contributed by atoms with Crippen molar-refractivity contribution in [2.75, 3.05) is 0 Å². The van der Waals surface area contributed by atoms with Crippen molar-refractivity contribution >= 4 is 76.1 Å². The van der Waals surface area contributed by atoms with E-state index in [9.17, 15) is 0 Å². The van der Waals surface area contributed by atoms with Gasteiger partial charge in [0.15, 0.2) is 0 Å². The number of hydrogen-bond acceptors (Lipinski definition) is 2. The van der Waals surface area contributed by atoms with Crippen LogP contribution in [0.25, 0.3) is 132 Å². The van der Waals surface area contributed by atoms with E-state index in [1.807, 2.05) is 0 Å². The van der Waals surface area contributed by atoms with Crippen LogP contribution in [0.5, 0.6) is 0 Å². The third-order valence-electron chi connectivity index (χ3n) is 15.5. The SMILES string of the molecule is CC1(C)c2ccccc2-c2nc(-n3c4ccccc4c4cc(-c5ccc6c(c5)c5ccccc5n6-c5c6ccccc6c(-c6ccccc6)c6ccccc56)ccc43)nc3cc(-c4ccccc4)cc1c23. The van der Waals surface area contributed by atoms with Gasteiger partial charge in [0.05, 0.1) is 39.0 Å². The maximum atomic E-state index is 5.56. The normalized spacial score (nSPS) is 13.0. The predicted molar refractivity (Wildman–Crippen MR) is 297 cm³/mol. The lowest BCUT2D eigenvalue weighted by Crippen LogP contribution is -2.24. The summed E-state index contributed by atoms with van der Waals surface area (Å²) in [7, 11) is 0. The molecular weight excluding hydrogens is 861 g/mol. The molecule has 0 aliphatic heterocycles. The molecule has 0 unspecified atom stereocenters. The summed E-state index contributed by atoms with van der Waals surface area (Å²) < 4.78 is 4.78. The summed E-state index contributed by atoms with van der Waals surface area (Å²) in [5.74, 6) is 0.670. The van der Waals surface area contributed by atoms with Crippen LogP contribution in [0, 0.1) is 0 Å². The van der Waals surface area contributed by atoms with Crippen molar-refractivity contribution in [2.45, 2.75) is 19.3 Å². The quantitative estimate of drug-likeness (QED) is 0.161. The van der Waals surface area contributed by atoms with Crippen molar-refractivity contribution in [3.8, 4) is 56.3 Å². The summed E-state index contributed by atoms with van der Waals surface area (Å²) in [5, 5.41) is 10.8. The molecule has 0 saturated heterocycles. The van der Waals surface area contributed by atoms with E-state index in [1.54, 1.807) is 0 Å². The summed E-state index contributed by atoms with van der Waals surface area (Å²) in [5.41, 5.74) is 18.2. The Labute approximate surface area is 410 Å². The largest absolute Gasteiger partial charge is 0.308 e. The highest BCUT2D eigenvalue weighted by molar-refractivity contribution is 6.21. The molecule has 0 saturated carbocycles. The van der Waals surface area contributed by atoms with Crippen LogP contribution in [0.1, 0.15) is 25.0 Å². The zero-order chi connectivity index (χ0) is 47.0. The fourth-order valence-electron chi connectivity index (χ4n) is 12.2. The van der Waals surface area contributed by atoms with Gasteiger partial charge in [0.25, 0.3) is 0 Å². The van der Waals surface area contributed by atoms with E-state index in [1.165, 1.54) is 82.4 Å². The highest BCUT2D eigenvalue weighted by atomic mass is 15.2. The Morgan fingerprint density at radius 3 is 1.46 bits per heavy atom. The highest BCUT2D eigenvalue weighted by Gasteiger charge is 2.36. The first-order valence-corrected chi connectivity index (χ1v) is 24.6. The minimum atomic E-state index is -0.241. The molecule has 15 rings (SSSR count). The molecule has 4 nitrogen and oxygen atoms in total. The molecular formula is C67H44N4. The highest BCUT2D eigenvalue weighted by Crippen LogP contribution is 2.50. The second-order valence-corrected chi connectivity index (χ2v) is 19.7. The molecule has 0 spiro atoms. The molecule has 1 aliphatic rings. The molecule has 332 valence electrons. The van der Waals surface area contributed by atoms with E-state index >= 15 is 0 Å². The molecule has 0 atom stereocenters. The number of para-hydroxylation sites is 2. The Morgan fingerprint density at radius 1 is 0.338 bits per heavy atom. The second kappa shape index (κ2) is 14.9. The summed E-state index contributed by atoms with van der Waals surface area (Å²) in [6, 6.07) is 84.3. The van der Waals surface area contributed by atoms with Crippen LogP contribution >= 0.6 is 0 Å². The molecule has 3 aromatic heterocycles. The second-order valence-electron chi connectivity index (χ2n) is 19.7. The fourth-order valence-corrected chi connectivity index (χ4v) is 12.2. The zero-order valence-electron chi connectivity index (χ0n) is 39.2. The van der Waals surface area contributed by atoms with Crippen LogP contribution < -0.4 is 0 Å². The van der Waals surface area contributed by atoms with Gasteiger partial charge in [-0.3, -0.25) is 4.57 Å². The van der Waals surface area contributed by atoms with Gasteiger partial charge in [-0.1, -0.05) is 196 Å². The molecule has 0 bridgehead atoms. The van der Waals surface area contributed by atoms with Gasteiger partial charge in [-0.2, -0.15) is 0 Å². The van der Waals surface area contributed by atoms with Gasteiger partial charge in [-0.05, 0) is 104 Å². The predicted octanol–water partition coefficient (Wildman–Crippen LogP) is 17.4. The van der Waals surface area contributed by atoms with Crippen LogP contribution in [0.3, 0.4) is 0 Å². The van der Waals surface area contributed by atoms with Gasteiger partial charge < -0.3 is 4.57 Å². The van der Waals surface area contributed by atoms with E-state index in [0.29, 0.717) is 5.95 Å². The van der Waals surface area contributed by atoms with Crippen LogP contribution in [0.4, 0.5) is 0 Å². The lowest BCUT2D eigenvalue weighted by atomic mass is 9.69. The van der Waals surface area contributed by atoms with Gasteiger partial charge in [-0.25, -0.2) is 9.97 Å². The number of nitrogens with zero attached hydrogens (tertiary/aromatic N) is 4. The molecule has 11 aromatic carbocycles. The lowest BCUT2D eigenvalue weighted by molar-refractivity contribution is 0.644. The monoisotopic (exact) mass is 904 g/mol. The van der Waals surface area contributed by atoms with Gasteiger partial charge in [0.2, 0.25) is 5.95 Å². The molecule has 3 heterocycles. The molecule has 0 amide bonds. The maximum Gasteiger partial charge on any atom is 0.235 e. The van der Waals surface area contributed by atoms with Crippen LogP contribution in [0.15, 0.2) is 231 Å². The van der Waals surface area contributed by atoms with Gasteiger partial charge in [0.1, 0.15) is 0 Å². The molecule has 0 radical (unpaired) electrons. The number of rotatable bonds is 5. The molecule has 71 heavy (non-hydrogen) atoms. The number of fused-ring (bicyclic) bond motifs is 10. The number of benzene rings is 11. The van der Waals surface area contributed by atoms with E-state index < -0.39 is 0 Å². The third-order valence-corrected chi connectivity index (χ3v) is 15.5. The Bertz CT molecular complexity index is 4480. The van der Waals surface area contributed by atoms with Crippen molar-refractivity contribution in [1.82, 2.24) is 19.1 Å². The summed E-state index contributed by atoms with van der Waals surface area (Å²) in [4.78, 5) is 11.1. The fraction of sp³-hybridized carbons (Fsp3) is 0.0448. The molecule has 14 aromatic rings. The smallest absolute Gasteiger partial charge is 0.235 e. The van der Waals surface area contributed by atoms with Crippen LogP contribution in [0.2, 0.25) is 0 Å². The number of hydrogen-bond donors (Lipinski definition) is 0. The van der Waals surface area contributed by atoms with Gasteiger partial charge in [-0.15, -0.1) is 0 Å². The first kappa shape index (κ1) is 39.8. The summed E-state index contributed by atoms with van der Waals surface area (Å²) in [6.45, 7) is 4.67. The first-order valence-electron chi connectivity index (χ1n) is 24.6. The van der Waals surface area contributed by atoms with Crippen molar-refractivity contribution in [3.05, 3.63) is 242 Å². The van der Waals surface area contributed by atoms with Crippen molar-refractivity contribution < 1.29 is 0 Å². The third kappa shape index (κ3) is 5.73. The Hall–Kier alpha value is -9.12. The summed E-state index contributed by atoms with van der Waals surface area (Å²) in [6.07, 6.45) is 0. The molecule has 0 N–H and O–H groups in total. The average Bonchev–Trinajstić information content (AvgIpc) is 3.94. The average molecular weight is 905 g/mol. The van der Waals surface area contributed by atoms with Crippen molar-refractivity contribution in [3.63, 3.8) is 0 Å². The summed E-state index contributed by atoms with van der Waals surface area (Å²) >= 11 is 0.